The van der Waals surface area contributed by atoms with Gasteiger partial charge in [-0.2, -0.15) is 0 Å². The fraction of sp³-hybridized carbons (Fsp3) is 0.235. The van der Waals surface area contributed by atoms with Gasteiger partial charge in [-0.3, -0.25) is 14.9 Å². The van der Waals surface area contributed by atoms with Crippen LogP contribution in [0, 0.1) is 21.7 Å². The number of nitrogens with one attached hydrogen (secondary N) is 2. The smallest absolute Gasteiger partial charge is 0.292 e. The van der Waals surface area contributed by atoms with Crippen LogP contribution in [-0.4, -0.2) is 17.4 Å². The van der Waals surface area contributed by atoms with Crippen molar-refractivity contribution in [1.82, 2.24) is 5.32 Å². The van der Waals surface area contributed by atoms with Gasteiger partial charge in [-0.25, -0.2) is 8.78 Å². The van der Waals surface area contributed by atoms with Crippen molar-refractivity contribution in [2.24, 2.45) is 0 Å². The molecule has 2 aromatic rings. The first kappa shape index (κ1) is 18.3. The van der Waals surface area contributed by atoms with Crippen LogP contribution in [-0.2, 0) is 4.79 Å². The first-order valence-electron chi connectivity index (χ1n) is 7.60. The van der Waals surface area contributed by atoms with E-state index in [0.717, 1.165) is 12.1 Å². The molecule has 0 heterocycles. The summed E-state index contributed by atoms with van der Waals surface area (Å²) in [5.74, 6) is -2.24. The summed E-state index contributed by atoms with van der Waals surface area (Å²) in [5, 5.41) is 16.4. The Morgan fingerprint density at radius 2 is 1.92 bits per heavy atom. The SMILES string of the molecule is C[C@H](NC(=O)CCNc1ccccc1[N+](=O)[O-])c1ccc(F)c(F)c1. The fourth-order valence-electron chi connectivity index (χ4n) is 2.27. The number of benzene rings is 2. The highest BCUT2D eigenvalue weighted by molar-refractivity contribution is 5.77. The van der Waals surface area contributed by atoms with Gasteiger partial charge in [-0.1, -0.05) is 18.2 Å². The number of hydrogen-bond acceptors (Lipinski definition) is 4. The largest absolute Gasteiger partial charge is 0.379 e. The zero-order valence-corrected chi connectivity index (χ0v) is 13.5. The number of nitro groups is 1. The van der Waals surface area contributed by atoms with Crippen molar-refractivity contribution in [2.75, 3.05) is 11.9 Å². The van der Waals surface area contributed by atoms with Crippen molar-refractivity contribution in [3.05, 3.63) is 69.8 Å². The van der Waals surface area contributed by atoms with Crippen LogP contribution in [0.3, 0.4) is 0 Å². The third-order valence-electron chi connectivity index (χ3n) is 3.59. The van der Waals surface area contributed by atoms with Gasteiger partial charge in [0.15, 0.2) is 11.6 Å². The van der Waals surface area contributed by atoms with Crippen molar-refractivity contribution >= 4 is 17.3 Å². The molecule has 2 aromatic carbocycles. The molecule has 0 aromatic heterocycles. The molecule has 6 nitrogen and oxygen atoms in total. The van der Waals surface area contributed by atoms with E-state index in [0.29, 0.717) is 11.3 Å². The zero-order chi connectivity index (χ0) is 18.4. The third kappa shape index (κ3) is 4.97. The number of carbonyl (C=O) groups excluding carboxylic acids is 1. The Morgan fingerprint density at radius 3 is 2.60 bits per heavy atom. The number of nitrogens with zero attached hydrogens (tertiary/aromatic N) is 1. The van der Waals surface area contributed by atoms with Crippen molar-refractivity contribution in [2.45, 2.75) is 19.4 Å². The quantitative estimate of drug-likeness (QED) is 0.591. The molecule has 0 bridgehead atoms. The summed E-state index contributed by atoms with van der Waals surface area (Å²) in [6, 6.07) is 9.08. The minimum atomic E-state index is -0.975. The second kappa shape index (κ2) is 8.18. The lowest BCUT2D eigenvalue weighted by Gasteiger charge is -2.15. The molecule has 132 valence electrons. The number of nitro benzene ring substituents is 1. The Labute approximate surface area is 143 Å². The molecule has 2 rings (SSSR count). The van der Waals surface area contributed by atoms with E-state index in [1.807, 2.05) is 0 Å². The lowest BCUT2D eigenvalue weighted by atomic mass is 10.1. The molecular weight excluding hydrogens is 332 g/mol. The van der Waals surface area contributed by atoms with Crippen LogP contribution in [0.1, 0.15) is 24.9 Å². The molecule has 0 saturated heterocycles. The molecule has 0 unspecified atom stereocenters. The second-order valence-electron chi connectivity index (χ2n) is 5.41. The minimum Gasteiger partial charge on any atom is -0.379 e. The van der Waals surface area contributed by atoms with Crippen LogP contribution in [0.5, 0.6) is 0 Å². The number of para-hydroxylation sites is 2. The van der Waals surface area contributed by atoms with E-state index in [-0.39, 0.29) is 24.6 Å². The topological polar surface area (TPSA) is 84.3 Å². The Balaban J connectivity index is 1.86. The number of amides is 1. The second-order valence-corrected chi connectivity index (χ2v) is 5.41. The average molecular weight is 349 g/mol. The van der Waals surface area contributed by atoms with E-state index in [1.54, 1.807) is 25.1 Å². The van der Waals surface area contributed by atoms with E-state index in [9.17, 15) is 23.7 Å². The maximum absolute atomic E-state index is 13.2. The summed E-state index contributed by atoms with van der Waals surface area (Å²) in [4.78, 5) is 22.3. The van der Waals surface area contributed by atoms with Crippen LogP contribution in [0.15, 0.2) is 42.5 Å². The highest BCUT2D eigenvalue weighted by Gasteiger charge is 2.14. The van der Waals surface area contributed by atoms with Gasteiger partial charge in [0.05, 0.1) is 11.0 Å². The summed E-state index contributed by atoms with van der Waals surface area (Å²) in [6.45, 7) is 1.85. The Kier molecular flexibility index (Phi) is 5.99. The van der Waals surface area contributed by atoms with Crippen LogP contribution >= 0.6 is 0 Å². The molecule has 0 aliphatic heterocycles. The zero-order valence-electron chi connectivity index (χ0n) is 13.5. The number of hydrogen-bond donors (Lipinski definition) is 2. The van der Waals surface area contributed by atoms with Gasteiger partial charge in [-0.05, 0) is 30.7 Å². The Hall–Kier alpha value is -3.03. The maximum Gasteiger partial charge on any atom is 0.292 e. The van der Waals surface area contributed by atoms with Gasteiger partial charge in [0.1, 0.15) is 5.69 Å². The van der Waals surface area contributed by atoms with Gasteiger partial charge in [0, 0.05) is 19.0 Å². The molecular formula is C17H17F2N3O3. The molecule has 0 aliphatic carbocycles. The number of anilines is 1. The fourth-order valence-corrected chi connectivity index (χ4v) is 2.27. The van der Waals surface area contributed by atoms with Crippen molar-refractivity contribution in [3.63, 3.8) is 0 Å². The minimum absolute atomic E-state index is 0.0695. The molecule has 0 radical (unpaired) electrons. The van der Waals surface area contributed by atoms with Gasteiger partial charge in [0.2, 0.25) is 5.91 Å². The normalized spacial score (nSPS) is 11.6. The van der Waals surface area contributed by atoms with Crippen LogP contribution < -0.4 is 10.6 Å². The standard InChI is InChI=1S/C17H17F2N3O3/c1-11(12-6-7-13(18)14(19)10-12)21-17(23)8-9-20-15-4-2-3-5-16(15)22(24)25/h2-7,10-11,20H,8-9H2,1H3,(H,21,23)/t11-/m0/s1. The van der Waals surface area contributed by atoms with E-state index in [4.69, 9.17) is 0 Å². The summed E-state index contributed by atoms with van der Waals surface area (Å²) in [6.07, 6.45) is 0.0695. The molecule has 8 heteroatoms. The average Bonchev–Trinajstić information content (AvgIpc) is 2.57. The highest BCUT2D eigenvalue weighted by atomic mass is 19.2. The molecule has 0 saturated carbocycles. The van der Waals surface area contributed by atoms with E-state index < -0.39 is 22.6 Å². The Bertz CT molecular complexity index is 783. The first-order chi connectivity index (χ1) is 11.9. The Morgan fingerprint density at radius 1 is 1.20 bits per heavy atom. The van der Waals surface area contributed by atoms with Crippen molar-refractivity contribution in [3.8, 4) is 0 Å². The highest BCUT2D eigenvalue weighted by Crippen LogP contribution is 2.23. The predicted molar refractivity (Wildman–Crippen MR) is 89.1 cm³/mol. The number of halogens is 2. The summed E-state index contributed by atoms with van der Waals surface area (Å²) < 4.78 is 26.1. The van der Waals surface area contributed by atoms with Crippen LogP contribution in [0.25, 0.3) is 0 Å². The molecule has 25 heavy (non-hydrogen) atoms. The summed E-state index contributed by atoms with van der Waals surface area (Å²) in [7, 11) is 0. The van der Waals surface area contributed by atoms with E-state index in [1.165, 1.54) is 12.1 Å². The van der Waals surface area contributed by atoms with E-state index >= 15 is 0 Å². The third-order valence-corrected chi connectivity index (χ3v) is 3.59. The summed E-state index contributed by atoms with van der Waals surface area (Å²) >= 11 is 0. The molecule has 1 atom stereocenters. The summed E-state index contributed by atoms with van der Waals surface area (Å²) in [5.41, 5.74) is 0.700. The van der Waals surface area contributed by atoms with Crippen LogP contribution in [0.2, 0.25) is 0 Å². The number of rotatable bonds is 7. The molecule has 0 aliphatic rings. The van der Waals surface area contributed by atoms with Gasteiger partial charge in [-0.15, -0.1) is 0 Å². The van der Waals surface area contributed by atoms with Crippen molar-refractivity contribution in [1.29, 1.82) is 0 Å². The molecule has 1 amide bonds. The van der Waals surface area contributed by atoms with Gasteiger partial charge < -0.3 is 10.6 Å². The molecule has 2 N–H and O–H groups in total. The lowest BCUT2D eigenvalue weighted by molar-refractivity contribution is -0.384. The van der Waals surface area contributed by atoms with Crippen LogP contribution in [0.4, 0.5) is 20.2 Å². The van der Waals surface area contributed by atoms with Gasteiger partial charge in [0.25, 0.3) is 5.69 Å². The van der Waals surface area contributed by atoms with Gasteiger partial charge >= 0.3 is 0 Å². The monoisotopic (exact) mass is 349 g/mol. The molecule has 0 fully saturated rings. The molecule has 0 spiro atoms. The lowest BCUT2D eigenvalue weighted by Crippen LogP contribution is -2.28. The number of carbonyl (C=O) groups is 1. The van der Waals surface area contributed by atoms with E-state index in [2.05, 4.69) is 10.6 Å². The predicted octanol–water partition coefficient (Wildman–Crippen LogP) is 3.55. The van der Waals surface area contributed by atoms with Crippen molar-refractivity contribution < 1.29 is 18.5 Å². The first-order valence-corrected chi connectivity index (χ1v) is 7.60. The maximum atomic E-state index is 13.2.